The van der Waals surface area contributed by atoms with E-state index in [4.69, 9.17) is 18.8 Å². The molecule has 0 N–H and O–H groups in total. The van der Waals surface area contributed by atoms with Crippen molar-refractivity contribution in [3.05, 3.63) is 41.1 Å². The fourth-order valence-corrected chi connectivity index (χ4v) is 5.38. The molecule has 0 aromatic carbocycles. The van der Waals surface area contributed by atoms with Crippen LogP contribution in [0.4, 0.5) is 21.2 Å². The van der Waals surface area contributed by atoms with Crippen molar-refractivity contribution in [2.24, 2.45) is 0 Å². The van der Waals surface area contributed by atoms with E-state index < -0.39 is 18.3 Å². The molecule has 0 bridgehead atoms. The van der Waals surface area contributed by atoms with Crippen LogP contribution in [-0.2, 0) is 18.8 Å². The van der Waals surface area contributed by atoms with Crippen LogP contribution in [0.25, 0.3) is 0 Å². The zero-order valence-corrected chi connectivity index (χ0v) is 31.8. The van der Waals surface area contributed by atoms with Gasteiger partial charge in [-0.05, 0) is 103 Å². The number of nitrogens with zero attached hydrogens (tertiary/aromatic N) is 6. The Morgan fingerprint density at radius 1 is 0.688 bits per heavy atom. The number of piperazine rings is 2. The molecule has 3 aliphatic rings. The number of hydrogen-bond acceptors (Lipinski definition) is 10. The van der Waals surface area contributed by atoms with Crippen molar-refractivity contribution >= 4 is 52.3 Å². The standard InChI is InChI=1S/C20H32BN3O4.C14H20BrN3O2/c1-18(2,3)26-17(25)24-12-10-23(11-13-24)16-9-8-15(14-22-16)21-27-19(4,5)20(6,7)28-21;1-14(2,3)20-13(19)18-8-6-17(7-9-18)12-5-4-11(15)10-16-12/h8-9,14H,10-13H2,1-7H3;4-5,10H,6-9H2,1-3H3. The molecule has 2 aromatic rings. The first-order valence-corrected chi connectivity index (χ1v) is 17.4. The topological polar surface area (TPSA) is 110 Å². The summed E-state index contributed by atoms with van der Waals surface area (Å²) in [6, 6.07) is 7.95. The summed E-state index contributed by atoms with van der Waals surface area (Å²) in [7, 11) is -0.407. The van der Waals surface area contributed by atoms with Crippen LogP contribution in [0, 0.1) is 0 Å². The molecule has 264 valence electrons. The van der Waals surface area contributed by atoms with Crippen molar-refractivity contribution < 1.29 is 28.4 Å². The summed E-state index contributed by atoms with van der Waals surface area (Å²) in [5.41, 5.74) is -0.738. The number of pyridine rings is 2. The number of amides is 2. The summed E-state index contributed by atoms with van der Waals surface area (Å²) >= 11 is 3.38. The second-order valence-electron chi connectivity index (χ2n) is 15.3. The number of carbonyl (C=O) groups excluding carboxylic acids is 2. The van der Waals surface area contributed by atoms with Gasteiger partial charge in [0.2, 0.25) is 0 Å². The number of ether oxygens (including phenoxy) is 2. The Morgan fingerprint density at radius 3 is 1.42 bits per heavy atom. The van der Waals surface area contributed by atoms with Crippen molar-refractivity contribution in [1.29, 1.82) is 0 Å². The number of aromatic nitrogens is 2. The molecule has 0 spiro atoms. The molecule has 3 fully saturated rings. The minimum Gasteiger partial charge on any atom is -0.444 e. The van der Waals surface area contributed by atoms with Crippen LogP contribution in [0.5, 0.6) is 0 Å². The van der Waals surface area contributed by atoms with Crippen LogP contribution in [0.3, 0.4) is 0 Å². The van der Waals surface area contributed by atoms with Crippen LogP contribution < -0.4 is 15.3 Å². The first-order chi connectivity index (χ1) is 22.2. The third kappa shape index (κ3) is 10.2. The SMILES string of the molecule is CC(C)(C)OC(=O)N1CCN(c2ccc(B3OC(C)(C)C(C)(C)O3)cn2)CC1.CC(C)(C)OC(=O)N1CCN(c2ccc(Br)cn2)CC1. The molecular weight excluding hydrogens is 679 g/mol. The van der Waals surface area contributed by atoms with E-state index in [2.05, 4.69) is 35.7 Å². The van der Waals surface area contributed by atoms with E-state index in [0.29, 0.717) is 26.2 Å². The Bertz CT molecular complexity index is 1360. The molecule has 5 rings (SSSR count). The average Bonchev–Trinajstić information content (AvgIpc) is 3.22. The Kier molecular flexibility index (Phi) is 11.6. The van der Waals surface area contributed by atoms with E-state index in [1.807, 2.05) is 99.7 Å². The highest BCUT2D eigenvalue weighted by Crippen LogP contribution is 2.36. The molecule has 0 unspecified atom stereocenters. The molecule has 2 amide bonds. The third-order valence-electron chi connectivity index (χ3n) is 8.52. The van der Waals surface area contributed by atoms with Gasteiger partial charge in [0.25, 0.3) is 0 Å². The lowest BCUT2D eigenvalue weighted by Gasteiger charge is -2.36. The fraction of sp³-hybridized carbons (Fsp3) is 0.647. The van der Waals surface area contributed by atoms with E-state index >= 15 is 0 Å². The number of carbonyl (C=O) groups is 2. The molecule has 0 aliphatic carbocycles. The summed E-state index contributed by atoms with van der Waals surface area (Å²) < 4.78 is 24.0. The maximum Gasteiger partial charge on any atom is 0.496 e. The Hall–Kier alpha value is -3.10. The Balaban J connectivity index is 0.000000229. The van der Waals surface area contributed by atoms with Crippen molar-refractivity contribution in [3.63, 3.8) is 0 Å². The smallest absolute Gasteiger partial charge is 0.444 e. The first-order valence-electron chi connectivity index (χ1n) is 16.6. The lowest BCUT2D eigenvalue weighted by atomic mass is 9.80. The minimum absolute atomic E-state index is 0.235. The third-order valence-corrected chi connectivity index (χ3v) is 8.99. The van der Waals surface area contributed by atoms with E-state index in [1.165, 1.54) is 0 Å². The largest absolute Gasteiger partial charge is 0.496 e. The predicted molar refractivity (Wildman–Crippen MR) is 192 cm³/mol. The van der Waals surface area contributed by atoms with Gasteiger partial charge in [0.05, 0.1) is 11.2 Å². The van der Waals surface area contributed by atoms with E-state index in [0.717, 1.165) is 47.8 Å². The molecule has 48 heavy (non-hydrogen) atoms. The van der Waals surface area contributed by atoms with Gasteiger partial charge in [-0.25, -0.2) is 19.6 Å². The van der Waals surface area contributed by atoms with Gasteiger partial charge < -0.3 is 38.4 Å². The van der Waals surface area contributed by atoms with Gasteiger partial charge in [0, 0.05) is 74.7 Å². The number of anilines is 2. The lowest BCUT2D eigenvalue weighted by molar-refractivity contribution is 0.00578. The normalized spacial score (nSPS) is 19.4. The molecule has 0 radical (unpaired) electrons. The van der Waals surface area contributed by atoms with Crippen LogP contribution in [-0.4, -0.2) is 114 Å². The maximum absolute atomic E-state index is 12.2. The van der Waals surface area contributed by atoms with Gasteiger partial charge in [-0.1, -0.05) is 6.07 Å². The zero-order valence-electron chi connectivity index (χ0n) is 30.2. The minimum atomic E-state index is -0.473. The molecule has 3 aliphatic heterocycles. The van der Waals surface area contributed by atoms with Crippen LogP contribution in [0.1, 0.15) is 69.2 Å². The van der Waals surface area contributed by atoms with Crippen molar-refractivity contribution in [1.82, 2.24) is 19.8 Å². The van der Waals surface area contributed by atoms with Gasteiger partial charge in [-0.2, -0.15) is 0 Å². The monoisotopic (exact) mass is 730 g/mol. The highest BCUT2D eigenvalue weighted by Gasteiger charge is 2.51. The van der Waals surface area contributed by atoms with Gasteiger partial charge in [0.1, 0.15) is 22.8 Å². The summed E-state index contributed by atoms with van der Waals surface area (Å²) in [6.07, 6.45) is 3.12. The molecule has 0 atom stereocenters. The molecule has 5 heterocycles. The summed E-state index contributed by atoms with van der Waals surface area (Å²) in [5.74, 6) is 1.83. The maximum atomic E-state index is 12.2. The molecular formula is C34H52BBrN6O6. The predicted octanol–water partition coefficient (Wildman–Crippen LogP) is 5.34. The molecule has 3 saturated heterocycles. The number of hydrogen-bond donors (Lipinski definition) is 0. The van der Waals surface area contributed by atoms with Crippen molar-refractivity contribution in [3.8, 4) is 0 Å². The second-order valence-corrected chi connectivity index (χ2v) is 16.2. The summed E-state index contributed by atoms with van der Waals surface area (Å²) in [5, 5.41) is 0. The van der Waals surface area contributed by atoms with Crippen molar-refractivity contribution in [2.75, 3.05) is 62.2 Å². The van der Waals surface area contributed by atoms with Gasteiger partial charge in [0.15, 0.2) is 0 Å². The van der Waals surface area contributed by atoms with Crippen molar-refractivity contribution in [2.45, 2.75) is 91.6 Å². The Labute approximate surface area is 294 Å². The highest BCUT2D eigenvalue weighted by atomic mass is 79.9. The average molecular weight is 732 g/mol. The molecule has 12 nitrogen and oxygen atoms in total. The van der Waals surface area contributed by atoms with Gasteiger partial charge in [-0.3, -0.25) is 0 Å². The zero-order chi connectivity index (χ0) is 35.5. The van der Waals surface area contributed by atoms with E-state index in [9.17, 15) is 9.59 Å². The quantitative estimate of drug-likeness (QED) is 0.384. The van der Waals surface area contributed by atoms with E-state index in [-0.39, 0.29) is 23.4 Å². The lowest BCUT2D eigenvalue weighted by Crippen LogP contribution is -2.50. The number of halogens is 1. The second kappa shape index (κ2) is 14.8. The molecule has 2 aromatic heterocycles. The van der Waals surface area contributed by atoms with E-state index in [1.54, 1.807) is 16.0 Å². The van der Waals surface area contributed by atoms with Gasteiger partial charge in [-0.15, -0.1) is 0 Å². The van der Waals surface area contributed by atoms with Crippen LogP contribution >= 0.6 is 15.9 Å². The van der Waals surface area contributed by atoms with Gasteiger partial charge >= 0.3 is 19.3 Å². The van der Waals surface area contributed by atoms with Crippen LogP contribution in [0.15, 0.2) is 41.1 Å². The highest BCUT2D eigenvalue weighted by molar-refractivity contribution is 9.10. The first kappa shape index (κ1) is 37.7. The Morgan fingerprint density at radius 2 is 1.08 bits per heavy atom. The summed E-state index contributed by atoms with van der Waals surface area (Å²) in [4.78, 5) is 41.0. The molecule has 0 saturated carbocycles. The number of rotatable bonds is 3. The summed E-state index contributed by atoms with van der Waals surface area (Å²) in [6.45, 7) is 25.0. The fourth-order valence-electron chi connectivity index (χ4n) is 5.15. The van der Waals surface area contributed by atoms with Crippen LogP contribution in [0.2, 0.25) is 0 Å². The molecule has 14 heteroatoms.